The van der Waals surface area contributed by atoms with Crippen molar-refractivity contribution in [2.75, 3.05) is 18.5 Å². The first-order valence-corrected chi connectivity index (χ1v) is 6.05. The minimum Gasteiger partial charge on any atom is -0.480 e. The number of halogens is 2. The van der Waals surface area contributed by atoms with Crippen molar-refractivity contribution in [3.05, 3.63) is 29.8 Å². The summed E-state index contributed by atoms with van der Waals surface area (Å²) >= 11 is 0. The molecule has 0 bridgehead atoms. The normalized spacial score (nSPS) is 17.2. The van der Waals surface area contributed by atoms with Crippen LogP contribution in [0.3, 0.4) is 0 Å². The Morgan fingerprint density at radius 1 is 1.45 bits per heavy atom. The van der Waals surface area contributed by atoms with Crippen LogP contribution in [0.2, 0.25) is 0 Å². The molecule has 0 unspecified atom stereocenters. The number of rotatable bonds is 3. The minimum absolute atomic E-state index is 0.180. The summed E-state index contributed by atoms with van der Waals surface area (Å²) in [4.78, 5) is 25.4. The van der Waals surface area contributed by atoms with Gasteiger partial charge in [-0.25, -0.2) is 18.4 Å². The highest BCUT2D eigenvalue weighted by Gasteiger charge is 2.39. The Balaban J connectivity index is 2.31. The van der Waals surface area contributed by atoms with Gasteiger partial charge in [0, 0.05) is 19.2 Å². The molecule has 0 fully saturated rings. The number of hydrogen-bond acceptors (Lipinski definition) is 2. The van der Waals surface area contributed by atoms with E-state index < -0.39 is 31.0 Å². The maximum Gasteiger partial charge on any atom is 0.327 e. The van der Waals surface area contributed by atoms with Gasteiger partial charge in [0.2, 0.25) is 0 Å². The number of alkyl halides is 2. The van der Waals surface area contributed by atoms with Crippen molar-refractivity contribution < 1.29 is 23.5 Å². The van der Waals surface area contributed by atoms with Crippen LogP contribution in [0, 0.1) is 0 Å². The van der Waals surface area contributed by atoms with E-state index in [4.69, 9.17) is 0 Å². The number of aliphatic carboxylic acids is 1. The maximum absolute atomic E-state index is 12.4. The van der Waals surface area contributed by atoms with E-state index in [-0.39, 0.29) is 6.42 Å². The largest absolute Gasteiger partial charge is 0.480 e. The number of urea groups is 1. The van der Waals surface area contributed by atoms with Gasteiger partial charge < -0.3 is 10.0 Å². The quantitative estimate of drug-likeness (QED) is 0.921. The predicted molar refractivity (Wildman–Crippen MR) is 68.1 cm³/mol. The van der Waals surface area contributed by atoms with Crippen molar-refractivity contribution in [3.63, 3.8) is 0 Å². The molecule has 108 valence electrons. The van der Waals surface area contributed by atoms with Crippen LogP contribution in [0.5, 0.6) is 0 Å². The molecule has 2 rings (SSSR count). The zero-order valence-corrected chi connectivity index (χ0v) is 10.8. The number of hydrogen-bond donors (Lipinski definition) is 1. The Bertz CT molecular complexity index is 536. The molecule has 1 N–H and O–H groups in total. The van der Waals surface area contributed by atoms with E-state index >= 15 is 0 Å². The number of carbonyl (C=O) groups is 2. The van der Waals surface area contributed by atoms with Gasteiger partial charge in [-0.15, -0.1) is 0 Å². The zero-order chi connectivity index (χ0) is 14.9. The molecule has 0 aromatic heterocycles. The van der Waals surface area contributed by atoms with Crippen LogP contribution in [0.4, 0.5) is 19.3 Å². The van der Waals surface area contributed by atoms with Crippen molar-refractivity contribution in [2.24, 2.45) is 0 Å². The van der Waals surface area contributed by atoms with Gasteiger partial charge in [-0.3, -0.25) is 4.90 Å². The summed E-state index contributed by atoms with van der Waals surface area (Å²) in [5.41, 5.74) is 1.18. The number of fused-ring (bicyclic) bond motifs is 1. The summed E-state index contributed by atoms with van der Waals surface area (Å²) in [7, 11) is 1.23. The molecule has 0 saturated carbocycles. The molecular formula is C13H14F2N2O3. The van der Waals surface area contributed by atoms with Gasteiger partial charge >= 0.3 is 12.0 Å². The average molecular weight is 284 g/mol. The molecule has 1 aliphatic heterocycles. The van der Waals surface area contributed by atoms with Gasteiger partial charge in [-0.2, -0.15) is 0 Å². The summed E-state index contributed by atoms with van der Waals surface area (Å²) in [6, 6.07) is 4.98. The lowest BCUT2D eigenvalue weighted by atomic mass is 10.1. The number of anilines is 1. The van der Waals surface area contributed by atoms with E-state index in [1.54, 1.807) is 24.3 Å². The van der Waals surface area contributed by atoms with Crippen LogP contribution in [0.25, 0.3) is 0 Å². The number of carbonyl (C=O) groups excluding carboxylic acids is 1. The molecule has 5 nitrogen and oxygen atoms in total. The fourth-order valence-electron chi connectivity index (χ4n) is 2.29. The topological polar surface area (TPSA) is 60.9 Å². The third-order valence-corrected chi connectivity index (χ3v) is 3.21. The van der Waals surface area contributed by atoms with Gasteiger partial charge in [-0.1, -0.05) is 18.2 Å². The van der Waals surface area contributed by atoms with Crippen LogP contribution < -0.4 is 4.90 Å². The Labute approximate surface area is 114 Å². The van der Waals surface area contributed by atoms with E-state index in [2.05, 4.69) is 0 Å². The second-order valence-corrected chi connectivity index (χ2v) is 4.61. The molecule has 0 radical (unpaired) electrons. The van der Waals surface area contributed by atoms with Crippen LogP contribution in [0.15, 0.2) is 24.3 Å². The number of amides is 2. The summed E-state index contributed by atoms with van der Waals surface area (Å²) < 4.78 is 24.7. The second kappa shape index (κ2) is 5.44. The van der Waals surface area contributed by atoms with Gasteiger partial charge in [0.05, 0.1) is 6.54 Å². The van der Waals surface area contributed by atoms with Crippen LogP contribution in [-0.2, 0) is 11.2 Å². The Morgan fingerprint density at radius 2 is 2.10 bits per heavy atom. The summed E-state index contributed by atoms with van der Waals surface area (Å²) in [5.74, 6) is -1.15. The minimum atomic E-state index is -2.66. The van der Waals surface area contributed by atoms with E-state index in [0.29, 0.717) is 5.69 Å². The fraction of sp³-hybridized carbons (Fsp3) is 0.385. The van der Waals surface area contributed by atoms with Gasteiger partial charge in [0.1, 0.15) is 6.04 Å². The van der Waals surface area contributed by atoms with Crippen LogP contribution in [0.1, 0.15) is 5.56 Å². The maximum atomic E-state index is 12.4. The molecule has 7 heteroatoms. The standard InChI is InChI=1S/C13H14F2N2O3/c1-16(7-11(14)15)13(20)17-9-5-3-2-4-8(9)6-10(17)12(18)19/h2-5,10-11H,6-7H2,1H3,(H,18,19)/t10-/m0/s1. The van der Waals surface area contributed by atoms with Crippen molar-refractivity contribution in [1.29, 1.82) is 0 Å². The molecule has 0 saturated heterocycles. The number of carboxylic acids is 1. The van der Waals surface area contributed by atoms with Gasteiger partial charge in [-0.05, 0) is 11.6 Å². The molecule has 1 heterocycles. The van der Waals surface area contributed by atoms with E-state index in [0.717, 1.165) is 15.4 Å². The number of nitrogens with zero attached hydrogens (tertiary/aromatic N) is 2. The number of benzene rings is 1. The van der Waals surface area contributed by atoms with Crippen LogP contribution >= 0.6 is 0 Å². The molecule has 0 spiro atoms. The van der Waals surface area contributed by atoms with Crippen molar-refractivity contribution in [2.45, 2.75) is 18.9 Å². The molecule has 1 aromatic carbocycles. The highest BCUT2D eigenvalue weighted by molar-refractivity contribution is 6.00. The first-order chi connectivity index (χ1) is 9.41. The summed E-state index contributed by atoms with van der Waals surface area (Å²) in [6.45, 7) is -0.732. The molecule has 1 aromatic rings. The molecule has 20 heavy (non-hydrogen) atoms. The fourth-order valence-corrected chi connectivity index (χ4v) is 2.29. The average Bonchev–Trinajstić information content (AvgIpc) is 2.76. The monoisotopic (exact) mass is 284 g/mol. The van der Waals surface area contributed by atoms with Crippen molar-refractivity contribution >= 4 is 17.7 Å². The van der Waals surface area contributed by atoms with Crippen molar-refractivity contribution in [1.82, 2.24) is 4.90 Å². The molecule has 0 aliphatic carbocycles. The van der Waals surface area contributed by atoms with E-state index in [1.165, 1.54) is 7.05 Å². The number of carboxylic acid groups (broad SMARTS) is 1. The third kappa shape index (κ3) is 2.56. The smallest absolute Gasteiger partial charge is 0.327 e. The SMILES string of the molecule is CN(CC(F)F)C(=O)N1c2ccccc2C[C@H]1C(=O)O. The van der Waals surface area contributed by atoms with Gasteiger partial charge in [0.25, 0.3) is 6.43 Å². The lowest BCUT2D eigenvalue weighted by molar-refractivity contribution is -0.138. The molecule has 2 amide bonds. The number of para-hydroxylation sites is 1. The van der Waals surface area contributed by atoms with Gasteiger partial charge in [0.15, 0.2) is 0 Å². The highest BCUT2D eigenvalue weighted by Crippen LogP contribution is 2.32. The second-order valence-electron chi connectivity index (χ2n) is 4.61. The summed E-state index contributed by atoms with van der Waals surface area (Å²) in [5, 5.41) is 9.21. The Hall–Kier alpha value is -2.18. The van der Waals surface area contributed by atoms with E-state index in [9.17, 15) is 23.5 Å². The Morgan fingerprint density at radius 3 is 2.70 bits per heavy atom. The zero-order valence-electron chi connectivity index (χ0n) is 10.8. The predicted octanol–water partition coefficient (Wildman–Crippen LogP) is 1.82. The first kappa shape index (κ1) is 14.2. The van der Waals surface area contributed by atoms with Crippen molar-refractivity contribution in [3.8, 4) is 0 Å². The lowest BCUT2D eigenvalue weighted by Gasteiger charge is -2.28. The Kier molecular flexibility index (Phi) is 3.87. The third-order valence-electron chi connectivity index (χ3n) is 3.21. The lowest BCUT2D eigenvalue weighted by Crippen LogP contribution is -2.49. The summed E-state index contributed by atoms with van der Waals surface area (Å²) in [6.07, 6.45) is -2.48. The molecule has 1 atom stereocenters. The highest BCUT2D eigenvalue weighted by atomic mass is 19.3. The first-order valence-electron chi connectivity index (χ1n) is 6.05. The van der Waals surface area contributed by atoms with E-state index in [1.807, 2.05) is 0 Å². The molecule has 1 aliphatic rings. The molecular weight excluding hydrogens is 270 g/mol. The van der Waals surface area contributed by atoms with Crippen LogP contribution in [-0.4, -0.2) is 48.1 Å².